The summed E-state index contributed by atoms with van der Waals surface area (Å²) >= 11 is 5.22. The predicted octanol–water partition coefficient (Wildman–Crippen LogP) is 4.23. The highest BCUT2D eigenvalue weighted by Gasteiger charge is 2.16. The molecule has 0 atom stereocenters. The lowest BCUT2D eigenvalue weighted by molar-refractivity contribution is 0.318. The molecule has 130 valence electrons. The van der Waals surface area contributed by atoms with Gasteiger partial charge in [-0.1, -0.05) is 13.8 Å². The van der Waals surface area contributed by atoms with Crippen LogP contribution in [-0.2, 0) is 0 Å². The highest BCUT2D eigenvalue weighted by Crippen LogP contribution is 2.27. The zero-order valence-corrected chi connectivity index (χ0v) is 16.8. The lowest BCUT2D eigenvalue weighted by Crippen LogP contribution is -2.30. The molecule has 3 heterocycles. The topological polar surface area (TPSA) is 53.7 Å². The first-order valence-electron chi connectivity index (χ1n) is 8.15. The molecule has 2 aromatic heterocycles. The first-order chi connectivity index (χ1) is 11.2. The number of aliphatic hydroxyl groups is 1. The largest absolute Gasteiger partial charge is 0.397 e. The third-order valence-corrected chi connectivity index (χ3v) is 4.54. The van der Waals surface area contributed by atoms with Gasteiger partial charge >= 0.3 is 0 Å². The number of anilines is 1. The quantitative estimate of drug-likeness (QED) is 0.601. The van der Waals surface area contributed by atoms with Gasteiger partial charge in [0.05, 0.1) is 10.7 Å². The summed E-state index contributed by atoms with van der Waals surface area (Å²) < 4.78 is 2.85. The molecule has 0 bridgehead atoms. The number of aliphatic hydroxyl groups excluding tert-OH is 1. The van der Waals surface area contributed by atoms with Crippen LogP contribution < -0.4 is 4.90 Å². The Labute approximate surface area is 151 Å². The molecule has 0 aromatic carbocycles. The Hall–Kier alpha value is -0.790. The first kappa shape index (κ1) is 20.3. The van der Waals surface area contributed by atoms with Crippen molar-refractivity contribution in [3.63, 3.8) is 0 Å². The van der Waals surface area contributed by atoms with Gasteiger partial charge in [-0.3, -0.25) is 0 Å². The van der Waals surface area contributed by atoms with E-state index >= 15 is 0 Å². The van der Waals surface area contributed by atoms with Crippen LogP contribution >= 0.6 is 27.7 Å². The van der Waals surface area contributed by atoms with E-state index in [1.807, 2.05) is 24.6 Å². The molecule has 0 unspecified atom stereocenters. The fourth-order valence-corrected chi connectivity index (χ4v) is 3.20. The minimum atomic E-state index is 0.250. The van der Waals surface area contributed by atoms with E-state index in [0.29, 0.717) is 0 Å². The number of hydrogen-bond acceptors (Lipinski definition) is 5. The van der Waals surface area contributed by atoms with Gasteiger partial charge in [-0.15, -0.1) is 11.8 Å². The van der Waals surface area contributed by atoms with Crippen LogP contribution in [0.15, 0.2) is 21.8 Å². The van der Waals surface area contributed by atoms with Crippen LogP contribution in [0.2, 0.25) is 0 Å². The van der Waals surface area contributed by atoms with Gasteiger partial charge in [0.2, 0.25) is 0 Å². The van der Waals surface area contributed by atoms with Gasteiger partial charge in [0.25, 0.3) is 0 Å². The minimum Gasteiger partial charge on any atom is -0.397 e. The molecular weight excluding hydrogens is 376 g/mol. The summed E-state index contributed by atoms with van der Waals surface area (Å²) in [5.41, 5.74) is 0.905. The number of nitrogens with zero attached hydrogens (tertiary/aromatic N) is 4. The van der Waals surface area contributed by atoms with Crippen molar-refractivity contribution in [2.45, 2.75) is 45.1 Å². The average Bonchev–Trinajstić information content (AvgIpc) is 2.99. The Balaban J connectivity index is 0.000000477. The fraction of sp³-hybridized carbons (Fsp3) is 0.625. The van der Waals surface area contributed by atoms with E-state index in [0.717, 1.165) is 34.1 Å². The highest BCUT2D eigenvalue weighted by molar-refractivity contribution is 9.10. The number of thioether (sulfide) groups is 1. The second-order valence-electron chi connectivity index (χ2n) is 4.75. The standard InChI is InChI=1S/C12H15BrN4S.C2H6O.C2H6/c1-18-11-7-10(16-5-3-2-4-6-16)15-12-9(13)8-14-17(11)12;1-2-3;1-2/h7-8H,2-6H2,1H3;3H,2H2,1H3;1-2H3. The van der Waals surface area contributed by atoms with Crippen molar-refractivity contribution in [2.75, 3.05) is 30.9 Å². The van der Waals surface area contributed by atoms with E-state index in [2.05, 4.69) is 38.3 Å². The van der Waals surface area contributed by atoms with Gasteiger partial charge in [-0.05, 0) is 48.4 Å². The van der Waals surface area contributed by atoms with Gasteiger partial charge in [-0.25, -0.2) is 9.50 Å². The van der Waals surface area contributed by atoms with Gasteiger partial charge in [0.1, 0.15) is 10.8 Å². The van der Waals surface area contributed by atoms with E-state index in [4.69, 9.17) is 10.1 Å². The Morgan fingerprint density at radius 2 is 1.87 bits per heavy atom. The molecule has 0 saturated carbocycles. The third-order valence-electron chi connectivity index (χ3n) is 3.27. The monoisotopic (exact) mass is 402 g/mol. The van der Waals surface area contributed by atoms with Crippen molar-refractivity contribution in [2.24, 2.45) is 0 Å². The van der Waals surface area contributed by atoms with Gasteiger partial charge in [0, 0.05) is 25.8 Å². The third kappa shape index (κ3) is 5.36. The molecule has 2 aromatic rings. The average molecular weight is 403 g/mol. The highest BCUT2D eigenvalue weighted by atomic mass is 79.9. The summed E-state index contributed by atoms with van der Waals surface area (Å²) in [5.74, 6) is 1.08. The van der Waals surface area contributed by atoms with Gasteiger partial charge in [-0.2, -0.15) is 5.10 Å². The molecule has 23 heavy (non-hydrogen) atoms. The molecule has 1 saturated heterocycles. The van der Waals surface area contributed by atoms with Crippen molar-refractivity contribution in [1.29, 1.82) is 0 Å². The zero-order valence-electron chi connectivity index (χ0n) is 14.4. The van der Waals surface area contributed by atoms with Crippen LogP contribution in [0, 0.1) is 0 Å². The maximum absolute atomic E-state index is 7.57. The summed E-state index contributed by atoms with van der Waals surface area (Å²) in [7, 11) is 0. The van der Waals surface area contributed by atoms with Crippen LogP contribution in [0.4, 0.5) is 5.82 Å². The fourth-order valence-electron chi connectivity index (χ4n) is 2.33. The molecular formula is C16H27BrN4OS. The number of hydrogen-bond donors (Lipinski definition) is 1. The molecule has 5 nitrogen and oxygen atoms in total. The molecule has 1 fully saturated rings. The van der Waals surface area contributed by atoms with Crippen LogP contribution in [0.1, 0.15) is 40.0 Å². The Morgan fingerprint density at radius 3 is 2.43 bits per heavy atom. The van der Waals surface area contributed by atoms with Crippen molar-refractivity contribution in [3.05, 3.63) is 16.7 Å². The predicted molar refractivity (Wildman–Crippen MR) is 103 cm³/mol. The van der Waals surface area contributed by atoms with Crippen molar-refractivity contribution >= 4 is 39.2 Å². The molecule has 0 spiro atoms. The van der Waals surface area contributed by atoms with Crippen molar-refractivity contribution in [1.82, 2.24) is 14.6 Å². The smallest absolute Gasteiger partial charge is 0.172 e. The lowest BCUT2D eigenvalue weighted by atomic mass is 10.1. The van der Waals surface area contributed by atoms with Gasteiger partial charge in [0.15, 0.2) is 5.65 Å². The molecule has 1 aliphatic heterocycles. The number of aromatic nitrogens is 3. The Kier molecular flexibility index (Phi) is 9.59. The van der Waals surface area contributed by atoms with E-state index in [9.17, 15) is 0 Å². The van der Waals surface area contributed by atoms with E-state index in [-0.39, 0.29) is 6.61 Å². The summed E-state index contributed by atoms with van der Waals surface area (Å²) in [5, 5.41) is 13.0. The van der Waals surface area contributed by atoms with Crippen LogP contribution in [0.3, 0.4) is 0 Å². The van der Waals surface area contributed by atoms with Crippen molar-refractivity contribution in [3.8, 4) is 0 Å². The van der Waals surface area contributed by atoms with Crippen molar-refractivity contribution < 1.29 is 5.11 Å². The van der Waals surface area contributed by atoms with Crippen LogP contribution in [0.25, 0.3) is 5.65 Å². The molecule has 3 rings (SSSR count). The van der Waals surface area contributed by atoms with E-state index < -0.39 is 0 Å². The summed E-state index contributed by atoms with van der Waals surface area (Å²) in [6.45, 7) is 8.16. The summed E-state index contributed by atoms with van der Waals surface area (Å²) in [4.78, 5) is 7.11. The second-order valence-corrected chi connectivity index (χ2v) is 6.43. The molecule has 0 amide bonds. The second kappa shape index (κ2) is 10.9. The minimum absolute atomic E-state index is 0.250. The molecule has 1 aliphatic rings. The SMILES string of the molecule is CC.CCO.CSc1cc(N2CCCCC2)nc2c(Br)cnn12. The van der Waals surface area contributed by atoms with E-state index in [1.165, 1.54) is 19.3 Å². The molecule has 0 radical (unpaired) electrons. The normalized spacial score (nSPS) is 13.9. The molecule has 0 aliphatic carbocycles. The Bertz CT molecular complexity index is 585. The van der Waals surface area contributed by atoms with Gasteiger partial charge < -0.3 is 10.0 Å². The van der Waals surface area contributed by atoms with Crippen LogP contribution in [0.5, 0.6) is 0 Å². The zero-order chi connectivity index (χ0) is 17.2. The first-order valence-corrected chi connectivity index (χ1v) is 10.2. The Morgan fingerprint density at radius 1 is 1.26 bits per heavy atom. The van der Waals surface area contributed by atoms with E-state index in [1.54, 1.807) is 18.7 Å². The summed E-state index contributed by atoms with van der Waals surface area (Å²) in [6, 6.07) is 2.14. The number of piperidine rings is 1. The maximum atomic E-state index is 7.57. The van der Waals surface area contributed by atoms with Crippen LogP contribution in [-0.4, -0.2) is 45.7 Å². The molecule has 1 N–H and O–H groups in total. The number of fused-ring (bicyclic) bond motifs is 1. The lowest BCUT2D eigenvalue weighted by Gasteiger charge is -2.28. The maximum Gasteiger partial charge on any atom is 0.172 e. The summed E-state index contributed by atoms with van der Waals surface area (Å²) in [6.07, 6.45) is 7.75. The molecule has 7 heteroatoms. The number of halogens is 1. The number of rotatable bonds is 2.